The van der Waals surface area contributed by atoms with E-state index in [2.05, 4.69) is 4.98 Å². The van der Waals surface area contributed by atoms with E-state index in [-0.39, 0.29) is 12.5 Å². The average molecular weight is 264 g/mol. The highest BCUT2D eigenvalue weighted by Gasteiger charge is 2.19. The monoisotopic (exact) mass is 264 g/mol. The van der Waals surface area contributed by atoms with Crippen molar-refractivity contribution in [3.63, 3.8) is 0 Å². The van der Waals surface area contributed by atoms with Crippen LogP contribution >= 0.6 is 0 Å². The van der Waals surface area contributed by atoms with Crippen LogP contribution in [0.2, 0.25) is 0 Å². The maximum Gasteiger partial charge on any atom is 0.320 e. The largest absolute Gasteiger partial charge is 0.480 e. The number of aromatic nitrogens is 1. The van der Waals surface area contributed by atoms with Crippen molar-refractivity contribution in [1.29, 1.82) is 0 Å². The van der Waals surface area contributed by atoms with Gasteiger partial charge in [-0.15, -0.1) is 0 Å². The van der Waals surface area contributed by atoms with Crippen LogP contribution in [0.5, 0.6) is 5.88 Å². The second kappa shape index (κ2) is 6.52. The molecule has 0 saturated heterocycles. The molecule has 1 unspecified atom stereocenters. The molecule has 0 aliphatic heterocycles. The molecule has 0 spiro atoms. The van der Waals surface area contributed by atoms with E-state index < -0.39 is 12.0 Å². The van der Waals surface area contributed by atoms with Gasteiger partial charge in [0, 0.05) is 18.2 Å². The number of ether oxygens (including phenoxy) is 1. The first-order valence-corrected chi connectivity index (χ1v) is 6.76. The number of rotatable bonds is 5. The van der Waals surface area contributed by atoms with Crippen LogP contribution in [0.1, 0.15) is 37.7 Å². The topological polar surface area (TPSA) is 85.4 Å². The average Bonchev–Trinajstić information content (AvgIpc) is 2.42. The van der Waals surface area contributed by atoms with Crippen LogP contribution in [0.25, 0.3) is 0 Å². The molecule has 1 aromatic rings. The van der Waals surface area contributed by atoms with Gasteiger partial charge in [0.05, 0.1) is 0 Å². The molecule has 0 bridgehead atoms. The van der Waals surface area contributed by atoms with Gasteiger partial charge >= 0.3 is 5.97 Å². The number of hydrogen-bond acceptors (Lipinski definition) is 4. The Bertz CT molecular complexity index is 430. The van der Waals surface area contributed by atoms with Gasteiger partial charge in [-0.2, -0.15) is 0 Å². The Kier molecular flexibility index (Phi) is 4.74. The second-order valence-electron chi connectivity index (χ2n) is 4.99. The lowest BCUT2D eigenvalue weighted by Crippen LogP contribution is -2.32. The maximum atomic E-state index is 10.8. The molecule has 1 aliphatic rings. The third-order valence-corrected chi connectivity index (χ3v) is 3.44. The van der Waals surface area contributed by atoms with E-state index in [0.717, 1.165) is 18.4 Å². The van der Waals surface area contributed by atoms with E-state index in [1.165, 1.54) is 19.3 Å². The second-order valence-corrected chi connectivity index (χ2v) is 4.99. The van der Waals surface area contributed by atoms with Crippen LogP contribution in [0.15, 0.2) is 18.3 Å². The molecule has 0 aromatic carbocycles. The van der Waals surface area contributed by atoms with Crippen LogP contribution in [0.3, 0.4) is 0 Å². The number of carboxylic acids is 1. The number of aliphatic carboxylic acids is 1. The summed E-state index contributed by atoms with van der Waals surface area (Å²) in [6.07, 6.45) is 7.81. The zero-order valence-electron chi connectivity index (χ0n) is 10.9. The van der Waals surface area contributed by atoms with E-state index in [0.29, 0.717) is 5.88 Å². The minimum Gasteiger partial charge on any atom is -0.480 e. The zero-order valence-corrected chi connectivity index (χ0v) is 10.9. The number of carboxylic acid groups (broad SMARTS) is 1. The van der Waals surface area contributed by atoms with Gasteiger partial charge in [-0.1, -0.05) is 12.5 Å². The van der Waals surface area contributed by atoms with Gasteiger partial charge in [0.1, 0.15) is 12.1 Å². The van der Waals surface area contributed by atoms with Gasteiger partial charge < -0.3 is 15.6 Å². The summed E-state index contributed by atoms with van der Waals surface area (Å²) in [7, 11) is 0. The summed E-state index contributed by atoms with van der Waals surface area (Å²) in [4.78, 5) is 15.0. The molecule has 5 heteroatoms. The number of hydrogen-bond donors (Lipinski definition) is 2. The van der Waals surface area contributed by atoms with Crippen molar-refractivity contribution >= 4 is 5.97 Å². The van der Waals surface area contributed by atoms with E-state index in [1.54, 1.807) is 12.3 Å². The SMILES string of the molecule is NC(Cc1cccnc1OC1CCCCC1)C(=O)O. The normalized spacial score (nSPS) is 17.9. The van der Waals surface area contributed by atoms with Crippen molar-refractivity contribution < 1.29 is 14.6 Å². The summed E-state index contributed by atoms with van der Waals surface area (Å²) in [5.41, 5.74) is 6.33. The van der Waals surface area contributed by atoms with Crippen molar-refractivity contribution in [2.24, 2.45) is 5.73 Å². The van der Waals surface area contributed by atoms with Gasteiger partial charge in [0.25, 0.3) is 0 Å². The highest BCUT2D eigenvalue weighted by molar-refractivity contribution is 5.73. The minimum absolute atomic E-state index is 0.198. The van der Waals surface area contributed by atoms with Gasteiger partial charge in [-0.05, 0) is 31.7 Å². The molecular formula is C14H20N2O3. The first kappa shape index (κ1) is 13.8. The lowest BCUT2D eigenvalue weighted by molar-refractivity contribution is -0.138. The van der Waals surface area contributed by atoms with Crippen molar-refractivity contribution in [2.75, 3.05) is 0 Å². The molecule has 1 aromatic heterocycles. The Morgan fingerprint density at radius 2 is 2.21 bits per heavy atom. The van der Waals surface area contributed by atoms with Crippen LogP contribution < -0.4 is 10.5 Å². The molecule has 0 amide bonds. The molecule has 1 atom stereocenters. The van der Waals surface area contributed by atoms with Crippen LogP contribution in [-0.4, -0.2) is 28.2 Å². The van der Waals surface area contributed by atoms with E-state index in [4.69, 9.17) is 15.6 Å². The summed E-state index contributed by atoms with van der Waals surface area (Å²) in [5, 5.41) is 8.87. The highest BCUT2D eigenvalue weighted by atomic mass is 16.5. The molecule has 1 heterocycles. The lowest BCUT2D eigenvalue weighted by atomic mass is 9.98. The summed E-state index contributed by atoms with van der Waals surface area (Å²) >= 11 is 0. The van der Waals surface area contributed by atoms with Gasteiger partial charge in [-0.25, -0.2) is 4.98 Å². The molecule has 1 fully saturated rings. The Labute approximate surface area is 112 Å². The first-order valence-electron chi connectivity index (χ1n) is 6.76. The fourth-order valence-corrected chi connectivity index (χ4v) is 2.35. The van der Waals surface area contributed by atoms with Crippen LogP contribution in [0, 0.1) is 0 Å². The van der Waals surface area contributed by atoms with Gasteiger partial charge in [0.2, 0.25) is 5.88 Å². The highest BCUT2D eigenvalue weighted by Crippen LogP contribution is 2.24. The predicted molar refractivity (Wildman–Crippen MR) is 71.1 cm³/mol. The minimum atomic E-state index is -1.01. The summed E-state index contributed by atoms with van der Waals surface area (Å²) in [5.74, 6) is -0.474. The number of pyridine rings is 1. The van der Waals surface area contributed by atoms with Crippen LogP contribution in [-0.2, 0) is 11.2 Å². The molecule has 19 heavy (non-hydrogen) atoms. The maximum absolute atomic E-state index is 10.8. The smallest absolute Gasteiger partial charge is 0.320 e. The van der Waals surface area contributed by atoms with Crippen molar-refractivity contribution in [3.05, 3.63) is 23.9 Å². The lowest BCUT2D eigenvalue weighted by Gasteiger charge is -2.23. The third-order valence-electron chi connectivity index (χ3n) is 3.44. The third kappa shape index (κ3) is 3.92. The molecule has 1 saturated carbocycles. The molecular weight excluding hydrogens is 244 g/mol. The number of carbonyl (C=O) groups is 1. The summed E-state index contributed by atoms with van der Waals surface area (Å²) < 4.78 is 5.91. The molecule has 3 N–H and O–H groups in total. The van der Waals surface area contributed by atoms with E-state index >= 15 is 0 Å². The summed E-state index contributed by atoms with van der Waals surface area (Å²) in [6.45, 7) is 0. The molecule has 104 valence electrons. The standard InChI is InChI=1S/C14H20N2O3/c15-12(14(17)18)9-10-5-4-8-16-13(10)19-11-6-2-1-3-7-11/h4-5,8,11-12H,1-3,6-7,9,15H2,(H,17,18). The van der Waals surface area contributed by atoms with Gasteiger partial charge in [-0.3, -0.25) is 4.79 Å². The fourth-order valence-electron chi connectivity index (χ4n) is 2.35. The molecule has 1 aliphatic carbocycles. The molecule has 2 rings (SSSR count). The summed E-state index contributed by atoms with van der Waals surface area (Å²) in [6, 6.07) is 2.68. The van der Waals surface area contributed by atoms with E-state index in [1.807, 2.05) is 6.07 Å². The Morgan fingerprint density at radius 1 is 1.47 bits per heavy atom. The Balaban J connectivity index is 2.04. The fraction of sp³-hybridized carbons (Fsp3) is 0.571. The van der Waals surface area contributed by atoms with Crippen molar-refractivity contribution in [2.45, 2.75) is 50.7 Å². The number of nitrogens with zero attached hydrogens (tertiary/aromatic N) is 1. The quantitative estimate of drug-likeness (QED) is 0.846. The predicted octanol–water partition coefficient (Wildman–Crippen LogP) is 1.75. The van der Waals surface area contributed by atoms with Crippen molar-refractivity contribution in [1.82, 2.24) is 4.98 Å². The van der Waals surface area contributed by atoms with Crippen molar-refractivity contribution in [3.8, 4) is 5.88 Å². The Morgan fingerprint density at radius 3 is 2.89 bits per heavy atom. The van der Waals surface area contributed by atoms with Gasteiger partial charge in [0.15, 0.2) is 0 Å². The Hall–Kier alpha value is -1.62. The zero-order chi connectivity index (χ0) is 13.7. The number of nitrogens with two attached hydrogens (primary N) is 1. The van der Waals surface area contributed by atoms with E-state index in [9.17, 15) is 4.79 Å². The molecule has 5 nitrogen and oxygen atoms in total. The molecule has 0 radical (unpaired) electrons. The van der Waals surface area contributed by atoms with Crippen LogP contribution in [0.4, 0.5) is 0 Å². The first-order chi connectivity index (χ1) is 9.16.